The Balaban J connectivity index is 2.01. The molecule has 0 spiro atoms. The van der Waals surface area contributed by atoms with Gasteiger partial charge < -0.3 is 5.73 Å². The third-order valence-corrected chi connectivity index (χ3v) is 3.32. The monoisotopic (exact) mass is 225 g/mol. The van der Waals surface area contributed by atoms with Crippen LogP contribution in [0.1, 0.15) is 24.0 Å². The van der Waals surface area contributed by atoms with Crippen LogP contribution in [0.2, 0.25) is 0 Å². The Morgan fingerprint density at radius 2 is 1.76 bits per heavy atom. The van der Waals surface area contributed by atoms with Gasteiger partial charge in [-0.25, -0.2) is 4.98 Å². The van der Waals surface area contributed by atoms with Crippen molar-refractivity contribution in [2.24, 2.45) is 0 Å². The van der Waals surface area contributed by atoms with E-state index in [9.17, 15) is 0 Å². The molecule has 0 radical (unpaired) electrons. The van der Waals surface area contributed by atoms with Crippen LogP contribution in [0.3, 0.4) is 0 Å². The van der Waals surface area contributed by atoms with Gasteiger partial charge in [0.25, 0.3) is 0 Å². The van der Waals surface area contributed by atoms with Gasteiger partial charge in [0.15, 0.2) is 0 Å². The van der Waals surface area contributed by atoms with Gasteiger partial charge in [0.05, 0.1) is 18.1 Å². The molecule has 1 aromatic carbocycles. The molecule has 0 bridgehead atoms. The lowest BCUT2D eigenvalue weighted by Crippen LogP contribution is -2.02. The van der Waals surface area contributed by atoms with Gasteiger partial charge in [-0.05, 0) is 42.9 Å². The summed E-state index contributed by atoms with van der Waals surface area (Å²) in [6, 6.07) is 6.60. The largest absolute Gasteiger partial charge is 0.382 e. The molecule has 1 aliphatic rings. The first-order valence-electron chi connectivity index (χ1n) is 6.02. The van der Waals surface area contributed by atoms with Gasteiger partial charge in [-0.1, -0.05) is 12.1 Å². The third-order valence-electron chi connectivity index (χ3n) is 3.32. The summed E-state index contributed by atoms with van der Waals surface area (Å²) in [6.45, 7) is 0. The van der Waals surface area contributed by atoms with Crippen LogP contribution in [-0.4, -0.2) is 9.97 Å². The molecule has 3 rings (SSSR count). The number of hydrogen-bond donors (Lipinski definition) is 1. The fraction of sp³-hybridized carbons (Fsp3) is 0.286. The van der Waals surface area contributed by atoms with Crippen LogP contribution in [-0.2, 0) is 12.8 Å². The van der Waals surface area contributed by atoms with Crippen molar-refractivity contribution in [1.29, 1.82) is 0 Å². The Bertz CT molecular complexity index is 532. The predicted molar refractivity (Wildman–Crippen MR) is 68.5 cm³/mol. The molecule has 0 fully saturated rings. The van der Waals surface area contributed by atoms with Gasteiger partial charge in [0, 0.05) is 5.56 Å². The molecule has 1 aromatic heterocycles. The number of hydrogen-bond acceptors (Lipinski definition) is 3. The fourth-order valence-corrected chi connectivity index (χ4v) is 2.38. The van der Waals surface area contributed by atoms with E-state index < -0.39 is 0 Å². The normalized spacial score (nSPS) is 14.4. The highest BCUT2D eigenvalue weighted by molar-refractivity contribution is 5.61. The minimum atomic E-state index is 0.465. The summed E-state index contributed by atoms with van der Waals surface area (Å²) in [5.74, 6) is 0.465. The van der Waals surface area contributed by atoms with Crippen LogP contribution in [0.25, 0.3) is 11.3 Å². The number of aromatic nitrogens is 2. The SMILES string of the molecule is Nc1cnc(-c2ccc3c(c2)CCCC3)cn1. The molecule has 0 saturated heterocycles. The maximum absolute atomic E-state index is 5.54. The van der Waals surface area contributed by atoms with E-state index in [2.05, 4.69) is 28.2 Å². The average Bonchev–Trinajstić information content (AvgIpc) is 2.39. The Morgan fingerprint density at radius 1 is 0.941 bits per heavy atom. The lowest BCUT2D eigenvalue weighted by atomic mass is 9.90. The summed E-state index contributed by atoms with van der Waals surface area (Å²) in [5, 5.41) is 0. The predicted octanol–water partition coefficient (Wildman–Crippen LogP) is 2.60. The summed E-state index contributed by atoms with van der Waals surface area (Å²) >= 11 is 0. The van der Waals surface area contributed by atoms with E-state index in [0.29, 0.717) is 5.82 Å². The molecule has 0 unspecified atom stereocenters. The number of nitrogens with two attached hydrogens (primary N) is 1. The van der Waals surface area contributed by atoms with Crippen molar-refractivity contribution < 1.29 is 0 Å². The van der Waals surface area contributed by atoms with Crippen molar-refractivity contribution >= 4 is 5.82 Å². The zero-order valence-corrected chi connectivity index (χ0v) is 9.69. The highest BCUT2D eigenvalue weighted by atomic mass is 14.9. The number of benzene rings is 1. The van der Waals surface area contributed by atoms with Crippen molar-refractivity contribution in [3.63, 3.8) is 0 Å². The molecule has 0 aliphatic heterocycles. The number of fused-ring (bicyclic) bond motifs is 1. The van der Waals surface area contributed by atoms with Gasteiger partial charge >= 0.3 is 0 Å². The first-order chi connectivity index (χ1) is 8.33. The van der Waals surface area contributed by atoms with Crippen LogP contribution in [0.4, 0.5) is 5.82 Å². The summed E-state index contributed by atoms with van der Waals surface area (Å²) in [7, 11) is 0. The molecule has 0 amide bonds. The first kappa shape index (κ1) is 10.3. The van der Waals surface area contributed by atoms with Crippen LogP contribution in [0.15, 0.2) is 30.6 Å². The Morgan fingerprint density at radius 3 is 2.53 bits per heavy atom. The van der Waals surface area contributed by atoms with E-state index in [1.165, 1.54) is 36.8 Å². The van der Waals surface area contributed by atoms with E-state index in [-0.39, 0.29) is 0 Å². The van der Waals surface area contributed by atoms with Crippen molar-refractivity contribution in [1.82, 2.24) is 9.97 Å². The quantitative estimate of drug-likeness (QED) is 0.811. The van der Waals surface area contributed by atoms with E-state index in [1.54, 1.807) is 12.4 Å². The Labute approximate surface area is 101 Å². The average molecular weight is 225 g/mol. The van der Waals surface area contributed by atoms with Gasteiger partial charge in [-0.15, -0.1) is 0 Å². The summed E-state index contributed by atoms with van der Waals surface area (Å²) in [4.78, 5) is 8.39. The molecule has 2 N–H and O–H groups in total. The van der Waals surface area contributed by atoms with Crippen LogP contribution < -0.4 is 5.73 Å². The van der Waals surface area contributed by atoms with Gasteiger partial charge in [-0.3, -0.25) is 4.98 Å². The molecule has 1 heterocycles. The zero-order valence-electron chi connectivity index (χ0n) is 9.69. The van der Waals surface area contributed by atoms with Crippen LogP contribution in [0, 0.1) is 0 Å². The molecule has 86 valence electrons. The molecule has 0 atom stereocenters. The molecular formula is C14H15N3. The Hall–Kier alpha value is -1.90. The molecular weight excluding hydrogens is 210 g/mol. The maximum Gasteiger partial charge on any atom is 0.141 e. The van der Waals surface area contributed by atoms with Gasteiger partial charge in [0.2, 0.25) is 0 Å². The minimum absolute atomic E-state index is 0.465. The van der Waals surface area contributed by atoms with E-state index in [4.69, 9.17) is 5.73 Å². The highest BCUT2D eigenvalue weighted by Gasteiger charge is 2.10. The molecule has 1 aliphatic carbocycles. The second kappa shape index (κ2) is 4.17. The number of nitrogens with zero attached hydrogens (tertiary/aromatic N) is 2. The summed E-state index contributed by atoms with van der Waals surface area (Å²) < 4.78 is 0. The molecule has 17 heavy (non-hydrogen) atoms. The van der Waals surface area contributed by atoms with Gasteiger partial charge in [0.1, 0.15) is 5.82 Å². The lowest BCUT2D eigenvalue weighted by molar-refractivity contribution is 0.686. The Kier molecular flexibility index (Phi) is 2.52. The van der Waals surface area contributed by atoms with Crippen LogP contribution in [0.5, 0.6) is 0 Å². The van der Waals surface area contributed by atoms with Crippen molar-refractivity contribution in [3.05, 3.63) is 41.7 Å². The lowest BCUT2D eigenvalue weighted by Gasteiger charge is -2.16. The summed E-state index contributed by atoms with van der Waals surface area (Å²) in [6.07, 6.45) is 8.35. The topological polar surface area (TPSA) is 51.8 Å². The van der Waals surface area contributed by atoms with Crippen molar-refractivity contribution in [3.8, 4) is 11.3 Å². The molecule has 3 heteroatoms. The summed E-state index contributed by atoms with van der Waals surface area (Å²) in [5.41, 5.74) is 10.5. The van der Waals surface area contributed by atoms with E-state index in [0.717, 1.165) is 11.3 Å². The standard InChI is InChI=1S/C14H15N3/c15-14-9-16-13(8-17-14)12-6-5-10-3-1-2-4-11(10)7-12/h5-9H,1-4H2,(H2,15,17). The molecule has 3 nitrogen and oxygen atoms in total. The number of anilines is 1. The maximum atomic E-state index is 5.54. The second-order valence-corrected chi connectivity index (χ2v) is 4.52. The van der Waals surface area contributed by atoms with Gasteiger partial charge in [-0.2, -0.15) is 0 Å². The number of nitrogen functional groups attached to an aromatic ring is 1. The van der Waals surface area contributed by atoms with Crippen molar-refractivity contribution in [2.45, 2.75) is 25.7 Å². The molecule has 0 saturated carbocycles. The first-order valence-corrected chi connectivity index (χ1v) is 6.02. The molecule has 2 aromatic rings. The highest BCUT2D eigenvalue weighted by Crippen LogP contribution is 2.26. The second-order valence-electron chi connectivity index (χ2n) is 4.52. The third kappa shape index (κ3) is 2.00. The smallest absolute Gasteiger partial charge is 0.141 e. The zero-order chi connectivity index (χ0) is 11.7. The van der Waals surface area contributed by atoms with E-state index in [1.807, 2.05) is 0 Å². The number of aryl methyl sites for hydroxylation is 2. The van der Waals surface area contributed by atoms with Crippen LogP contribution >= 0.6 is 0 Å². The van der Waals surface area contributed by atoms with E-state index >= 15 is 0 Å². The van der Waals surface area contributed by atoms with Crippen molar-refractivity contribution in [2.75, 3.05) is 5.73 Å². The minimum Gasteiger partial charge on any atom is -0.382 e. The fourth-order valence-electron chi connectivity index (χ4n) is 2.38. The number of rotatable bonds is 1.